The van der Waals surface area contributed by atoms with Crippen molar-refractivity contribution in [2.45, 2.75) is 51.2 Å². The van der Waals surface area contributed by atoms with Crippen LogP contribution in [0.15, 0.2) is 5.16 Å². The number of hydrogen-bond acceptors (Lipinski definition) is 4. The molecule has 2 unspecified atom stereocenters. The zero-order valence-corrected chi connectivity index (χ0v) is 10.5. The number of amidine groups is 1. The first kappa shape index (κ1) is 12.6. The molecular weight excluding hydrogens is 218 g/mol. The SMILES string of the molecule is CC(NCC1(CC(N)=NO)CC1)C1CCCO1. The molecule has 1 heterocycles. The molecule has 2 fully saturated rings. The van der Waals surface area contributed by atoms with Gasteiger partial charge in [-0.1, -0.05) is 5.16 Å². The molecule has 17 heavy (non-hydrogen) atoms. The molecule has 0 aromatic carbocycles. The molecule has 0 aromatic rings. The van der Waals surface area contributed by atoms with E-state index in [-0.39, 0.29) is 5.41 Å². The van der Waals surface area contributed by atoms with E-state index >= 15 is 0 Å². The van der Waals surface area contributed by atoms with Crippen LogP contribution in [0, 0.1) is 5.41 Å². The fourth-order valence-corrected chi connectivity index (χ4v) is 2.52. The second-order valence-electron chi connectivity index (χ2n) is 5.49. The molecule has 2 rings (SSSR count). The van der Waals surface area contributed by atoms with Crippen LogP contribution >= 0.6 is 0 Å². The van der Waals surface area contributed by atoms with Gasteiger partial charge in [-0.3, -0.25) is 0 Å². The van der Waals surface area contributed by atoms with Gasteiger partial charge in [0.1, 0.15) is 5.84 Å². The monoisotopic (exact) mass is 241 g/mol. The largest absolute Gasteiger partial charge is 0.409 e. The average molecular weight is 241 g/mol. The van der Waals surface area contributed by atoms with Gasteiger partial charge in [-0.25, -0.2) is 0 Å². The molecule has 0 radical (unpaired) electrons. The molecule has 0 aromatic heterocycles. The number of nitrogens with one attached hydrogen (secondary N) is 1. The van der Waals surface area contributed by atoms with E-state index in [0.29, 0.717) is 24.4 Å². The number of hydrogen-bond donors (Lipinski definition) is 3. The van der Waals surface area contributed by atoms with E-state index in [1.54, 1.807) is 0 Å². The van der Waals surface area contributed by atoms with Gasteiger partial charge in [0.25, 0.3) is 0 Å². The molecule has 1 aliphatic carbocycles. The highest BCUT2D eigenvalue weighted by Crippen LogP contribution is 2.48. The van der Waals surface area contributed by atoms with Crippen molar-refractivity contribution in [2.75, 3.05) is 13.2 Å². The van der Waals surface area contributed by atoms with Gasteiger partial charge in [0, 0.05) is 25.6 Å². The van der Waals surface area contributed by atoms with Crippen molar-refractivity contribution in [3.8, 4) is 0 Å². The lowest BCUT2D eigenvalue weighted by Gasteiger charge is -2.23. The number of rotatable bonds is 6. The third-order valence-electron chi connectivity index (χ3n) is 3.96. The summed E-state index contributed by atoms with van der Waals surface area (Å²) in [4.78, 5) is 0. The Morgan fingerprint density at radius 1 is 1.65 bits per heavy atom. The van der Waals surface area contributed by atoms with Crippen LogP contribution in [0.1, 0.15) is 39.0 Å². The summed E-state index contributed by atoms with van der Waals surface area (Å²) in [5.74, 6) is 0.342. The fraction of sp³-hybridized carbons (Fsp3) is 0.917. The Balaban J connectivity index is 1.73. The molecule has 2 atom stereocenters. The van der Waals surface area contributed by atoms with Crippen molar-refractivity contribution >= 4 is 5.84 Å². The average Bonchev–Trinajstić information content (AvgIpc) is 2.88. The lowest BCUT2D eigenvalue weighted by Crippen LogP contribution is -2.40. The summed E-state index contributed by atoms with van der Waals surface area (Å²) in [6.07, 6.45) is 5.69. The van der Waals surface area contributed by atoms with Crippen LogP contribution in [0.4, 0.5) is 0 Å². The maximum atomic E-state index is 8.60. The second-order valence-corrected chi connectivity index (χ2v) is 5.49. The third kappa shape index (κ3) is 3.33. The Morgan fingerprint density at radius 3 is 2.94 bits per heavy atom. The predicted molar refractivity (Wildman–Crippen MR) is 66.1 cm³/mol. The second kappa shape index (κ2) is 5.23. The van der Waals surface area contributed by atoms with Gasteiger partial charge in [-0.05, 0) is 38.0 Å². The van der Waals surface area contributed by atoms with Gasteiger partial charge in [0.2, 0.25) is 0 Å². The molecule has 5 nitrogen and oxygen atoms in total. The highest BCUT2D eigenvalue weighted by atomic mass is 16.5. The highest BCUT2D eigenvalue weighted by Gasteiger charge is 2.43. The van der Waals surface area contributed by atoms with E-state index in [0.717, 1.165) is 32.4 Å². The Hall–Kier alpha value is -0.810. The summed E-state index contributed by atoms with van der Waals surface area (Å²) in [6.45, 7) is 4.01. The van der Waals surface area contributed by atoms with Crippen molar-refractivity contribution in [3.05, 3.63) is 0 Å². The van der Waals surface area contributed by atoms with Crippen molar-refractivity contribution in [2.24, 2.45) is 16.3 Å². The van der Waals surface area contributed by atoms with Crippen LogP contribution in [0.2, 0.25) is 0 Å². The molecule has 0 spiro atoms. The van der Waals surface area contributed by atoms with Gasteiger partial charge < -0.3 is 21.0 Å². The molecule has 2 aliphatic rings. The molecule has 98 valence electrons. The first-order valence-corrected chi connectivity index (χ1v) is 6.47. The smallest absolute Gasteiger partial charge is 0.139 e. The summed E-state index contributed by atoms with van der Waals surface area (Å²) in [5.41, 5.74) is 5.80. The van der Waals surface area contributed by atoms with E-state index < -0.39 is 0 Å². The topological polar surface area (TPSA) is 79.9 Å². The maximum absolute atomic E-state index is 8.60. The maximum Gasteiger partial charge on any atom is 0.139 e. The van der Waals surface area contributed by atoms with Gasteiger partial charge in [-0.2, -0.15) is 0 Å². The quantitative estimate of drug-likeness (QED) is 0.281. The standard InChI is InChI=1S/C12H23N3O2/c1-9(10-3-2-6-17-10)14-8-12(4-5-12)7-11(13)15-16/h9-10,14,16H,2-8H2,1H3,(H2,13,15). The molecule has 0 amide bonds. The fourth-order valence-electron chi connectivity index (χ4n) is 2.52. The molecule has 5 heteroatoms. The van der Waals surface area contributed by atoms with Gasteiger partial charge >= 0.3 is 0 Å². The molecule has 0 bridgehead atoms. The summed E-state index contributed by atoms with van der Waals surface area (Å²) in [7, 11) is 0. The normalized spacial score (nSPS) is 29.2. The summed E-state index contributed by atoms with van der Waals surface area (Å²) < 4.78 is 5.65. The first-order chi connectivity index (χ1) is 8.15. The highest BCUT2D eigenvalue weighted by molar-refractivity contribution is 5.80. The van der Waals surface area contributed by atoms with Gasteiger partial charge in [0.05, 0.1) is 6.10 Å². The van der Waals surface area contributed by atoms with E-state index in [9.17, 15) is 0 Å². The van der Waals surface area contributed by atoms with Crippen molar-refractivity contribution < 1.29 is 9.94 Å². The number of nitrogens with zero attached hydrogens (tertiary/aromatic N) is 1. The number of ether oxygens (including phenoxy) is 1. The first-order valence-electron chi connectivity index (χ1n) is 6.47. The molecule has 1 saturated carbocycles. The summed E-state index contributed by atoms with van der Waals surface area (Å²) >= 11 is 0. The zero-order valence-electron chi connectivity index (χ0n) is 10.5. The van der Waals surface area contributed by atoms with Gasteiger partial charge in [-0.15, -0.1) is 0 Å². The Kier molecular flexibility index (Phi) is 3.89. The van der Waals surface area contributed by atoms with Crippen LogP contribution in [-0.2, 0) is 4.74 Å². The lowest BCUT2D eigenvalue weighted by atomic mass is 10.0. The molecule has 1 aliphatic heterocycles. The zero-order chi connectivity index (χ0) is 12.3. The Bertz CT molecular complexity index is 283. The van der Waals surface area contributed by atoms with Crippen molar-refractivity contribution in [1.82, 2.24) is 5.32 Å². The summed E-state index contributed by atoms with van der Waals surface area (Å²) in [5, 5.41) is 15.2. The minimum Gasteiger partial charge on any atom is -0.409 e. The molecular formula is C12H23N3O2. The number of nitrogens with two attached hydrogens (primary N) is 1. The third-order valence-corrected chi connectivity index (χ3v) is 3.96. The minimum atomic E-state index is 0.225. The molecule has 1 saturated heterocycles. The molecule has 4 N–H and O–H groups in total. The van der Waals surface area contributed by atoms with Crippen LogP contribution in [0.3, 0.4) is 0 Å². The van der Waals surface area contributed by atoms with Crippen molar-refractivity contribution in [1.29, 1.82) is 0 Å². The van der Waals surface area contributed by atoms with E-state index in [1.165, 1.54) is 6.42 Å². The Morgan fingerprint density at radius 2 is 2.41 bits per heavy atom. The van der Waals surface area contributed by atoms with Crippen molar-refractivity contribution in [3.63, 3.8) is 0 Å². The van der Waals surface area contributed by atoms with E-state index in [1.807, 2.05) is 0 Å². The van der Waals surface area contributed by atoms with E-state index in [2.05, 4.69) is 17.4 Å². The lowest BCUT2D eigenvalue weighted by molar-refractivity contribution is 0.0819. The number of oxime groups is 1. The van der Waals surface area contributed by atoms with Crippen LogP contribution in [0.5, 0.6) is 0 Å². The van der Waals surface area contributed by atoms with E-state index in [4.69, 9.17) is 15.7 Å². The predicted octanol–water partition coefficient (Wildman–Crippen LogP) is 1.06. The Labute approximate surface area is 102 Å². The summed E-state index contributed by atoms with van der Waals surface area (Å²) in [6, 6.07) is 0.391. The minimum absolute atomic E-state index is 0.225. The van der Waals surface area contributed by atoms with Crippen LogP contribution < -0.4 is 11.1 Å². The van der Waals surface area contributed by atoms with Crippen LogP contribution in [-0.4, -0.2) is 36.3 Å². The van der Waals surface area contributed by atoms with Crippen LogP contribution in [0.25, 0.3) is 0 Å². The van der Waals surface area contributed by atoms with Gasteiger partial charge in [0.15, 0.2) is 0 Å².